The number of para-hydroxylation sites is 2. The Bertz CT molecular complexity index is 731. The number of aromatic nitrogens is 1. The van der Waals surface area contributed by atoms with Crippen molar-refractivity contribution in [2.24, 2.45) is 4.99 Å². The number of hydrogen-bond donors (Lipinski definition) is 3. The van der Waals surface area contributed by atoms with E-state index in [9.17, 15) is 10.1 Å². The summed E-state index contributed by atoms with van der Waals surface area (Å²) in [6.45, 7) is 3.85. The van der Waals surface area contributed by atoms with Gasteiger partial charge in [-0.2, -0.15) is 0 Å². The molecule has 3 N–H and O–H groups in total. The average Bonchev–Trinajstić information content (AvgIpc) is 3.02. The number of thiazole rings is 1. The Hall–Kier alpha value is -2.68. The van der Waals surface area contributed by atoms with Crippen molar-refractivity contribution < 1.29 is 4.92 Å². The second-order valence-corrected chi connectivity index (χ2v) is 6.30. The molecule has 9 heteroatoms. The monoisotopic (exact) mass is 362 g/mol. The Labute approximate surface area is 150 Å². The number of nitro benzene ring substituents is 1. The SMILES string of the molecule is CN=C(NCCNc1ccccc1[N+](=O)[O-])NCCc1csc(C)n1. The van der Waals surface area contributed by atoms with Gasteiger partial charge >= 0.3 is 0 Å². The lowest BCUT2D eigenvalue weighted by Crippen LogP contribution is -2.40. The van der Waals surface area contributed by atoms with Gasteiger partial charge in [0.1, 0.15) is 5.69 Å². The van der Waals surface area contributed by atoms with Crippen LogP contribution in [-0.4, -0.2) is 42.5 Å². The van der Waals surface area contributed by atoms with Crippen molar-refractivity contribution in [3.8, 4) is 0 Å². The lowest BCUT2D eigenvalue weighted by atomic mass is 10.2. The molecule has 0 saturated heterocycles. The van der Waals surface area contributed by atoms with E-state index in [1.165, 1.54) is 6.07 Å². The first-order chi connectivity index (χ1) is 12.1. The summed E-state index contributed by atoms with van der Waals surface area (Å²) in [5.74, 6) is 0.691. The van der Waals surface area contributed by atoms with Crippen LogP contribution in [0.1, 0.15) is 10.7 Å². The predicted octanol–water partition coefficient (Wildman–Crippen LogP) is 2.18. The van der Waals surface area contributed by atoms with Crippen molar-refractivity contribution in [2.45, 2.75) is 13.3 Å². The molecule has 2 aromatic rings. The summed E-state index contributed by atoms with van der Waals surface area (Å²) in [6.07, 6.45) is 0.833. The maximum Gasteiger partial charge on any atom is 0.292 e. The fourth-order valence-electron chi connectivity index (χ4n) is 2.21. The topological polar surface area (TPSA) is 104 Å². The van der Waals surface area contributed by atoms with Crippen LogP contribution in [0.4, 0.5) is 11.4 Å². The Kier molecular flexibility index (Phi) is 7.15. The maximum absolute atomic E-state index is 11.0. The molecular weight excluding hydrogens is 340 g/mol. The fraction of sp³-hybridized carbons (Fsp3) is 0.375. The summed E-state index contributed by atoms with van der Waals surface area (Å²) < 4.78 is 0. The largest absolute Gasteiger partial charge is 0.378 e. The standard InChI is InChI=1S/C16H22N6O2S/c1-12-21-13(11-25-12)7-8-19-16(17-2)20-10-9-18-14-5-3-4-6-15(14)22(23)24/h3-6,11,18H,7-10H2,1-2H3,(H2,17,19,20). The van der Waals surface area contributed by atoms with Crippen LogP contribution in [0.15, 0.2) is 34.6 Å². The van der Waals surface area contributed by atoms with Crippen LogP contribution in [0.25, 0.3) is 0 Å². The van der Waals surface area contributed by atoms with E-state index in [1.807, 2.05) is 6.92 Å². The van der Waals surface area contributed by atoms with Gasteiger partial charge in [0, 0.05) is 44.5 Å². The van der Waals surface area contributed by atoms with E-state index >= 15 is 0 Å². The third-order valence-corrected chi connectivity index (χ3v) is 4.22. The molecular formula is C16H22N6O2S. The van der Waals surface area contributed by atoms with E-state index in [1.54, 1.807) is 36.6 Å². The van der Waals surface area contributed by atoms with Gasteiger partial charge < -0.3 is 16.0 Å². The van der Waals surface area contributed by atoms with E-state index in [4.69, 9.17) is 0 Å². The number of guanidine groups is 1. The van der Waals surface area contributed by atoms with Gasteiger partial charge in [0.2, 0.25) is 0 Å². The highest BCUT2D eigenvalue weighted by molar-refractivity contribution is 7.09. The van der Waals surface area contributed by atoms with Crippen molar-refractivity contribution in [2.75, 3.05) is 32.0 Å². The molecule has 134 valence electrons. The molecule has 0 atom stereocenters. The summed E-state index contributed by atoms with van der Waals surface area (Å²) in [5, 5.41) is 23.5. The number of nitrogens with zero attached hydrogens (tertiary/aromatic N) is 3. The molecule has 0 unspecified atom stereocenters. The first-order valence-electron chi connectivity index (χ1n) is 7.93. The molecule has 0 fully saturated rings. The van der Waals surface area contributed by atoms with E-state index in [-0.39, 0.29) is 5.69 Å². The van der Waals surface area contributed by atoms with Gasteiger partial charge in [-0.25, -0.2) is 4.98 Å². The molecule has 0 saturated carbocycles. The summed E-state index contributed by atoms with van der Waals surface area (Å²) in [7, 11) is 1.71. The van der Waals surface area contributed by atoms with Crippen LogP contribution in [-0.2, 0) is 6.42 Å². The number of aryl methyl sites for hydroxylation is 1. The van der Waals surface area contributed by atoms with Crippen molar-refractivity contribution in [3.63, 3.8) is 0 Å². The number of rotatable bonds is 8. The maximum atomic E-state index is 11.0. The summed E-state index contributed by atoms with van der Waals surface area (Å²) >= 11 is 1.65. The van der Waals surface area contributed by atoms with Gasteiger partial charge in [0.25, 0.3) is 5.69 Å². The minimum absolute atomic E-state index is 0.0727. The molecule has 1 aromatic carbocycles. The quantitative estimate of drug-likeness (QED) is 0.219. The Morgan fingerprint density at radius 3 is 2.72 bits per heavy atom. The van der Waals surface area contributed by atoms with Crippen LogP contribution in [0.5, 0.6) is 0 Å². The van der Waals surface area contributed by atoms with Gasteiger partial charge in [-0.05, 0) is 13.0 Å². The molecule has 0 aliphatic rings. The zero-order valence-electron chi connectivity index (χ0n) is 14.3. The number of hydrogen-bond acceptors (Lipinski definition) is 6. The number of nitrogens with one attached hydrogen (secondary N) is 3. The van der Waals surface area contributed by atoms with E-state index in [2.05, 4.69) is 31.3 Å². The molecule has 1 aromatic heterocycles. The Morgan fingerprint density at radius 2 is 2.04 bits per heavy atom. The first kappa shape index (κ1) is 18.7. The lowest BCUT2D eigenvalue weighted by molar-refractivity contribution is -0.384. The summed E-state index contributed by atoms with van der Waals surface area (Å²) in [6, 6.07) is 6.60. The highest BCUT2D eigenvalue weighted by atomic mass is 32.1. The van der Waals surface area contributed by atoms with E-state index < -0.39 is 4.92 Å². The van der Waals surface area contributed by atoms with Crippen LogP contribution >= 0.6 is 11.3 Å². The van der Waals surface area contributed by atoms with Crippen LogP contribution in [0.3, 0.4) is 0 Å². The van der Waals surface area contributed by atoms with Gasteiger partial charge in [-0.15, -0.1) is 11.3 Å². The first-order valence-corrected chi connectivity index (χ1v) is 8.81. The van der Waals surface area contributed by atoms with Gasteiger partial charge in [-0.3, -0.25) is 15.1 Å². The van der Waals surface area contributed by atoms with Crippen LogP contribution in [0.2, 0.25) is 0 Å². The highest BCUT2D eigenvalue weighted by Crippen LogP contribution is 2.22. The third kappa shape index (κ3) is 6.03. The minimum atomic E-state index is -0.392. The third-order valence-electron chi connectivity index (χ3n) is 3.40. The van der Waals surface area contributed by atoms with E-state index in [0.717, 1.165) is 23.7 Å². The molecule has 2 rings (SSSR count). The van der Waals surface area contributed by atoms with Gasteiger partial charge in [-0.1, -0.05) is 12.1 Å². The van der Waals surface area contributed by atoms with Crippen molar-refractivity contribution in [3.05, 3.63) is 50.5 Å². The predicted molar refractivity (Wildman–Crippen MR) is 102 cm³/mol. The molecule has 8 nitrogen and oxygen atoms in total. The highest BCUT2D eigenvalue weighted by Gasteiger charge is 2.11. The normalized spacial score (nSPS) is 11.2. The minimum Gasteiger partial charge on any atom is -0.378 e. The molecule has 0 aliphatic heterocycles. The van der Waals surface area contributed by atoms with Crippen molar-refractivity contribution >= 4 is 28.7 Å². The molecule has 0 aliphatic carbocycles. The number of benzene rings is 1. The summed E-state index contributed by atoms with van der Waals surface area (Å²) in [4.78, 5) is 19.1. The molecule has 0 amide bonds. The number of anilines is 1. The second-order valence-electron chi connectivity index (χ2n) is 5.23. The number of nitro groups is 1. The Balaban J connectivity index is 1.70. The van der Waals surface area contributed by atoms with Crippen LogP contribution in [0, 0.1) is 17.0 Å². The van der Waals surface area contributed by atoms with Crippen molar-refractivity contribution in [1.82, 2.24) is 15.6 Å². The molecule has 1 heterocycles. The van der Waals surface area contributed by atoms with Gasteiger partial charge in [0.15, 0.2) is 5.96 Å². The van der Waals surface area contributed by atoms with E-state index in [0.29, 0.717) is 24.7 Å². The lowest BCUT2D eigenvalue weighted by Gasteiger charge is -2.12. The van der Waals surface area contributed by atoms with Crippen molar-refractivity contribution in [1.29, 1.82) is 0 Å². The summed E-state index contributed by atoms with van der Waals surface area (Å²) in [5.41, 5.74) is 1.66. The molecule has 0 radical (unpaired) electrons. The second kappa shape index (κ2) is 9.58. The smallest absolute Gasteiger partial charge is 0.292 e. The molecule has 25 heavy (non-hydrogen) atoms. The fourth-order valence-corrected chi connectivity index (χ4v) is 2.86. The zero-order valence-corrected chi connectivity index (χ0v) is 15.1. The number of aliphatic imine (C=N–C) groups is 1. The molecule has 0 bridgehead atoms. The zero-order chi connectivity index (χ0) is 18.1. The average molecular weight is 362 g/mol. The Morgan fingerprint density at radius 1 is 1.28 bits per heavy atom. The molecule has 0 spiro atoms. The van der Waals surface area contributed by atoms with Crippen LogP contribution < -0.4 is 16.0 Å². The van der Waals surface area contributed by atoms with Gasteiger partial charge in [0.05, 0.1) is 15.6 Å².